The molecule has 4 nitrogen and oxygen atoms in total. The van der Waals surface area contributed by atoms with Crippen LogP contribution in [0.5, 0.6) is 5.75 Å². The number of phenolic OH excluding ortho intramolecular Hbond substituents is 1. The van der Waals surface area contributed by atoms with Crippen molar-refractivity contribution in [2.75, 3.05) is 0 Å². The molecule has 21 heavy (non-hydrogen) atoms. The Morgan fingerprint density at radius 2 is 1.95 bits per heavy atom. The zero-order chi connectivity index (χ0) is 14.7. The molecule has 2 aromatic carbocycles. The lowest BCUT2D eigenvalue weighted by Crippen LogP contribution is -2.24. The van der Waals surface area contributed by atoms with Gasteiger partial charge in [0.2, 0.25) is 5.91 Å². The smallest absolute Gasteiger partial charge is 0.224 e. The topological polar surface area (TPSA) is 61.4 Å². The van der Waals surface area contributed by atoms with E-state index in [1.165, 1.54) is 11.1 Å². The Morgan fingerprint density at radius 1 is 1.10 bits per heavy atom. The van der Waals surface area contributed by atoms with Crippen LogP contribution in [-0.4, -0.2) is 11.0 Å². The third-order valence-electron chi connectivity index (χ3n) is 3.67. The first kappa shape index (κ1) is 13.6. The van der Waals surface area contributed by atoms with E-state index in [4.69, 9.17) is 0 Å². The van der Waals surface area contributed by atoms with Gasteiger partial charge in [-0.3, -0.25) is 4.79 Å². The van der Waals surface area contributed by atoms with Crippen molar-refractivity contribution in [2.24, 2.45) is 0 Å². The molecule has 4 heteroatoms. The third kappa shape index (κ3) is 3.41. The summed E-state index contributed by atoms with van der Waals surface area (Å²) >= 11 is 0. The third-order valence-corrected chi connectivity index (χ3v) is 3.67. The van der Waals surface area contributed by atoms with Crippen molar-refractivity contribution in [3.8, 4) is 5.75 Å². The largest absolute Gasteiger partial charge is 0.508 e. The number of nitrogens with one attached hydrogen (secondary N) is 2. The molecule has 1 heterocycles. The van der Waals surface area contributed by atoms with Crippen molar-refractivity contribution < 1.29 is 9.90 Å². The highest BCUT2D eigenvalue weighted by Gasteiger charge is 2.10. The van der Waals surface area contributed by atoms with Crippen LogP contribution in [0.15, 0.2) is 42.5 Å². The summed E-state index contributed by atoms with van der Waals surface area (Å²) in [6.45, 7) is 2.37. The molecule has 3 N–H and O–H groups in total. The standard InChI is InChI=1S/C17H18N2O2/c20-16-3-1-2-12(7-16)8-17(21)19-9-13-4-5-14-10-18-11-15(14)6-13/h1-7,18,20H,8-11H2,(H,19,21). The van der Waals surface area contributed by atoms with Gasteiger partial charge in [-0.2, -0.15) is 0 Å². The van der Waals surface area contributed by atoms with E-state index in [9.17, 15) is 9.90 Å². The quantitative estimate of drug-likeness (QED) is 0.802. The molecular weight excluding hydrogens is 264 g/mol. The Hall–Kier alpha value is -2.33. The van der Waals surface area contributed by atoms with Gasteiger partial charge < -0.3 is 15.7 Å². The number of hydrogen-bond donors (Lipinski definition) is 3. The molecule has 0 atom stereocenters. The van der Waals surface area contributed by atoms with Gasteiger partial charge in [-0.1, -0.05) is 30.3 Å². The van der Waals surface area contributed by atoms with Crippen LogP contribution in [0.2, 0.25) is 0 Å². The van der Waals surface area contributed by atoms with Gasteiger partial charge in [-0.15, -0.1) is 0 Å². The summed E-state index contributed by atoms with van der Waals surface area (Å²) in [7, 11) is 0. The van der Waals surface area contributed by atoms with E-state index in [1.54, 1.807) is 18.2 Å². The molecular formula is C17H18N2O2. The summed E-state index contributed by atoms with van der Waals surface area (Å²) in [5, 5.41) is 15.6. The SMILES string of the molecule is O=C(Cc1cccc(O)c1)NCc1ccc2c(c1)CNC2. The van der Waals surface area contributed by atoms with Gasteiger partial charge in [0.25, 0.3) is 0 Å². The Kier molecular flexibility index (Phi) is 3.88. The lowest BCUT2D eigenvalue weighted by atomic mass is 10.1. The predicted molar refractivity (Wildman–Crippen MR) is 80.6 cm³/mol. The molecule has 0 saturated carbocycles. The molecule has 0 radical (unpaired) electrons. The number of rotatable bonds is 4. The summed E-state index contributed by atoms with van der Waals surface area (Å²) in [6, 6.07) is 13.1. The predicted octanol–water partition coefficient (Wildman–Crippen LogP) is 1.85. The van der Waals surface area contributed by atoms with E-state index in [0.717, 1.165) is 24.2 Å². The van der Waals surface area contributed by atoms with Crippen LogP contribution in [0.3, 0.4) is 0 Å². The Bertz CT molecular complexity index is 668. The number of hydrogen-bond acceptors (Lipinski definition) is 3. The fraction of sp³-hybridized carbons (Fsp3) is 0.235. The molecule has 0 unspecified atom stereocenters. The number of amides is 1. The maximum atomic E-state index is 11.9. The fourth-order valence-corrected chi connectivity index (χ4v) is 2.57. The number of phenols is 1. The Labute approximate surface area is 123 Å². The van der Waals surface area contributed by atoms with E-state index in [0.29, 0.717) is 6.54 Å². The monoisotopic (exact) mass is 282 g/mol. The lowest BCUT2D eigenvalue weighted by molar-refractivity contribution is -0.120. The average Bonchev–Trinajstić information content (AvgIpc) is 2.92. The maximum absolute atomic E-state index is 11.9. The van der Waals surface area contributed by atoms with E-state index >= 15 is 0 Å². The minimum Gasteiger partial charge on any atom is -0.508 e. The molecule has 1 amide bonds. The number of fused-ring (bicyclic) bond motifs is 1. The molecule has 0 aromatic heterocycles. The lowest BCUT2D eigenvalue weighted by Gasteiger charge is -2.07. The summed E-state index contributed by atoms with van der Waals surface area (Å²) in [6.07, 6.45) is 0.279. The van der Waals surface area contributed by atoms with E-state index in [1.807, 2.05) is 6.07 Å². The highest BCUT2D eigenvalue weighted by Crippen LogP contribution is 2.17. The second-order valence-corrected chi connectivity index (χ2v) is 5.33. The molecule has 0 fully saturated rings. The van der Waals surface area contributed by atoms with Crippen molar-refractivity contribution >= 4 is 5.91 Å². The van der Waals surface area contributed by atoms with Crippen molar-refractivity contribution in [1.82, 2.24) is 10.6 Å². The van der Waals surface area contributed by atoms with Crippen LogP contribution < -0.4 is 10.6 Å². The first-order chi connectivity index (χ1) is 10.2. The summed E-state index contributed by atoms with van der Waals surface area (Å²) < 4.78 is 0. The van der Waals surface area contributed by atoms with Crippen LogP contribution in [0.25, 0.3) is 0 Å². The Morgan fingerprint density at radius 3 is 2.81 bits per heavy atom. The van der Waals surface area contributed by atoms with Crippen molar-refractivity contribution in [1.29, 1.82) is 0 Å². The van der Waals surface area contributed by atoms with Gasteiger partial charge in [0.1, 0.15) is 5.75 Å². The van der Waals surface area contributed by atoms with Gasteiger partial charge in [-0.05, 0) is 34.4 Å². The molecule has 0 bridgehead atoms. The maximum Gasteiger partial charge on any atom is 0.224 e. The molecule has 1 aliphatic rings. The second kappa shape index (κ2) is 5.97. The van der Waals surface area contributed by atoms with Crippen LogP contribution in [0.1, 0.15) is 22.3 Å². The van der Waals surface area contributed by atoms with Gasteiger partial charge in [0.15, 0.2) is 0 Å². The average molecular weight is 282 g/mol. The molecule has 108 valence electrons. The van der Waals surface area contributed by atoms with Gasteiger partial charge in [0.05, 0.1) is 6.42 Å². The Balaban J connectivity index is 1.56. The molecule has 1 aliphatic heterocycles. The van der Waals surface area contributed by atoms with E-state index in [-0.39, 0.29) is 18.1 Å². The van der Waals surface area contributed by atoms with Crippen LogP contribution in [0, 0.1) is 0 Å². The second-order valence-electron chi connectivity index (χ2n) is 5.33. The summed E-state index contributed by atoms with van der Waals surface area (Å²) in [4.78, 5) is 11.9. The number of carbonyl (C=O) groups is 1. The fourth-order valence-electron chi connectivity index (χ4n) is 2.57. The molecule has 0 spiro atoms. The normalized spacial score (nSPS) is 13.0. The van der Waals surface area contributed by atoms with Gasteiger partial charge in [-0.25, -0.2) is 0 Å². The zero-order valence-corrected chi connectivity index (χ0v) is 11.7. The number of aromatic hydroxyl groups is 1. The first-order valence-electron chi connectivity index (χ1n) is 7.07. The molecule has 3 rings (SSSR count). The summed E-state index contributed by atoms with van der Waals surface area (Å²) in [5.74, 6) is 0.144. The molecule has 0 saturated heterocycles. The minimum absolute atomic E-state index is 0.0424. The first-order valence-corrected chi connectivity index (χ1v) is 7.07. The van der Waals surface area contributed by atoms with Crippen LogP contribution in [-0.2, 0) is 30.8 Å². The summed E-state index contributed by atoms with van der Waals surface area (Å²) in [5.41, 5.74) is 4.58. The van der Waals surface area contributed by atoms with Crippen LogP contribution >= 0.6 is 0 Å². The van der Waals surface area contributed by atoms with E-state index < -0.39 is 0 Å². The van der Waals surface area contributed by atoms with Gasteiger partial charge >= 0.3 is 0 Å². The number of carbonyl (C=O) groups excluding carboxylic acids is 1. The van der Waals surface area contributed by atoms with Crippen molar-refractivity contribution in [3.05, 3.63) is 64.7 Å². The van der Waals surface area contributed by atoms with Crippen LogP contribution in [0.4, 0.5) is 0 Å². The molecule has 0 aliphatic carbocycles. The van der Waals surface area contributed by atoms with Crippen molar-refractivity contribution in [3.63, 3.8) is 0 Å². The highest BCUT2D eigenvalue weighted by atomic mass is 16.3. The van der Waals surface area contributed by atoms with Crippen molar-refractivity contribution in [2.45, 2.75) is 26.1 Å². The van der Waals surface area contributed by atoms with E-state index in [2.05, 4.69) is 28.8 Å². The highest BCUT2D eigenvalue weighted by molar-refractivity contribution is 5.78. The zero-order valence-electron chi connectivity index (χ0n) is 11.7. The number of benzene rings is 2. The van der Waals surface area contributed by atoms with Gasteiger partial charge in [0, 0.05) is 19.6 Å². The molecule has 2 aromatic rings. The minimum atomic E-state index is -0.0424.